The van der Waals surface area contributed by atoms with Crippen molar-refractivity contribution < 1.29 is 9.53 Å². The maximum Gasteiger partial charge on any atom is 0.227 e. The summed E-state index contributed by atoms with van der Waals surface area (Å²) in [6, 6.07) is 17.1. The monoisotopic (exact) mass is 380 g/mol. The molecule has 1 fully saturated rings. The molecule has 0 spiro atoms. The molecule has 1 saturated heterocycles. The van der Waals surface area contributed by atoms with Crippen molar-refractivity contribution in [2.75, 3.05) is 31.1 Å². The molecule has 1 aliphatic heterocycles. The predicted molar refractivity (Wildman–Crippen MR) is 115 cm³/mol. The molecular formula is C24H32N2O2. The Hall–Kier alpha value is -2.49. The summed E-state index contributed by atoms with van der Waals surface area (Å²) in [7, 11) is 0. The minimum Gasteiger partial charge on any atom is -0.494 e. The fourth-order valence-electron chi connectivity index (χ4n) is 3.93. The number of hydrogen-bond donors (Lipinski definition) is 1. The summed E-state index contributed by atoms with van der Waals surface area (Å²) in [4.78, 5) is 14.5. The third-order valence-corrected chi connectivity index (χ3v) is 5.66. The van der Waals surface area contributed by atoms with Crippen LogP contribution in [-0.2, 0) is 4.79 Å². The quantitative estimate of drug-likeness (QED) is 0.756. The molecule has 28 heavy (non-hydrogen) atoms. The smallest absolute Gasteiger partial charge is 0.227 e. The first-order chi connectivity index (χ1) is 13.6. The lowest BCUT2D eigenvalue weighted by Crippen LogP contribution is -2.32. The van der Waals surface area contributed by atoms with Crippen molar-refractivity contribution in [3.05, 3.63) is 59.7 Å². The fourth-order valence-corrected chi connectivity index (χ4v) is 3.93. The minimum absolute atomic E-state index is 0.0893. The van der Waals surface area contributed by atoms with E-state index < -0.39 is 0 Å². The van der Waals surface area contributed by atoms with Gasteiger partial charge in [0.25, 0.3) is 0 Å². The van der Waals surface area contributed by atoms with E-state index in [0.29, 0.717) is 19.1 Å². The molecular weight excluding hydrogens is 348 g/mol. The summed E-state index contributed by atoms with van der Waals surface area (Å²) < 4.78 is 5.54. The van der Waals surface area contributed by atoms with E-state index in [2.05, 4.69) is 58.7 Å². The molecule has 0 bridgehead atoms. The Kier molecular flexibility index (Phi) is 6.96. The van der Waals surface area contributed by atoms with Crippen LogP contribution in [0.15, 0.2) is 48.5 Å². The topological polar surface area (TPSA) is 41.6 Å². The molecule has 1 N–H and O–H groups in total. The van der Waals surface area contributed by atoms with Crippen molar-refractivity contribution >= 4 is 11.6 Å². The lowest BCUT2D eigenvalue weighted by molar-refractivity contribution is -0.122. The van der Waals surface area contributed by atoms with Crippen LogP contribution in [0.25, 0.3) is 0 Å². The van der Waals surface area contributed by atoms with E-state index in [0.717, 1.165) is 37.2 Å². The summed E-state index contributed by atoms with van der Waals surface area (Å²) in [6.45, 7) is 9.42. The molecule has 150 valence electrons. The van der Waals surface area contributed by atoms with Crippen LogP contribution in [0.5, 0.6) is 5.75 Å². The second-order valence-corrected chi connectivity index (χ2v) is 7.47. The number of amides is 1. The van der Waals surface area contributed by atoms with Crippen LogP contribution in [0.3, 0.4) is 0 Å². The predicted octanol–water partition coefficient (Wildman–Crippen LogP) is 4.71. The van der Waals surface area contributed by atoms with Crippen LogP contribution in [0, 0.1) is 0 Å². The molecule has 2 aromatic rings. The second-order valence-electron chi connectivity index (χ2n) is 7.47. The van der Waals surface area contributed by atoms with E-state index in [9.17, 15) is 4.79 Å². The van der Waals surface area contributed by atoms with Crippen molar-refractivity contribution in [2.45, 2.75) is 45.4 Å². The Morgan fingerprint density at radius 2 is 1.71 bits per heavy atom. The molecule has 1 amide bonds. The zero-order chi connectivity index (χ0) is 19.9. The Bertz CT molecular complexity index is 747. The maximum atomic E-state index is 12.0. The standard InChI is InChI=1S/C24H32N2O2/c1-4-25-24(27)18(3)19-6-10-22(11-7-19)26-16-14-21(15-17-26)20-8-12-23(13-9-20)28-5-2/h6-13,18,21H,4-5,14-17H2,1-3H3,(H,25,27). The molecule has 0 radical (unpaired) electrons. The number of rotatable bonds is 7. The number of carbonyl (C=O) groups excluding carboxylic acids is 1. The largest absolute Gasteiger partial charge is 0.494 e. The normalized spacial score (nSPS) is 15.9. The number of anilines is 1. The Balaban J connectivity index is 1.56. The zero-order valence-corrected chi connectivity index (χ0v) is 17.3. The van der Waals surface area contributed by atoms with E-state index in [1.807, 2.05) is 20.8 Å². The highest BCUT2D eigenvalue weighted by Crippen LogP contribution is 2.32. The van der Waals surface area contributed by atoms with Crippen LogP contribution < -0.4 is 15.0 Å². The highest BCUT2D eigenvalue weighted by atomic mass is 16.5. The van der Waals surface area contributed by atoms with Gasteiger partial charge in [0.05, 0.1) is 12.5 Å². The van der Waals surface area contributed by atoms with Crippen LogP contribution in [0.4, 0.5) is 5.69 Å². The molecule has 1 heterocycles. The average Bonchev–Trinajstić information content (AvgIpc) is 2.74. The molecule has 0 saturated carbocycles. The van der Waals surface area contributed by atoms with E-state index in [4.69, 9.17) is 4.74 Å². The van der Waals surface area contributed by atoms with Crippen molar-refractivity contribution in [3.8, 4) is 5.75 Å². The molecule has 1 atom stereocenters. The van der Waals surface area contributed by atoms with Gasteiger partial charge in [0.15, 0.2) is 0 Å². The first kappa shape index (κ1) is 20.2. The van der Waals surface area contributed by atoms with Gasteiger partial charge in [-0.3, -0.25) is 4.79 Å². The van der Waals surface area contributed by atoms with Gasteiger partial charge in [-0.25, -0.2) is 0 Å². The number of piperidine rings is 1. The summed E-state index contributed by atoms with van der Waals surface area (Å²) in [5.74, 6) is 1.54. The van der Waals surface area contributed by atoms with Crippen molar-refractivity contribution in [1.29, 1.82) is 0 Å². The first-order valence-corrected chi connectivity index (χ1v) is 10.5. The third-order valence-electron chi connectivity index (χ3n) is 5.66. The van der Waals surface area contributed by atoms with Gasteiger partial charge in [-0.1, -0.05) is 24.3 Å². The Morgan fingerprint density at radius 3 is 2.29 bits per heavy atom. The molecule has 0 aromatic heterocycles. The maximum absolute atomic E-state index is 12.0. The lowest BCUT2D eigenvalue weighted by atomic mass is 9.89. The Morgan fingerprint density at radius 1 is 1.07 bits per heavy atom. The van der Waals surface area contributed by atoms with Gasteiger partial charge in [0.2, 0.25) is 5.91 Å². The molecule has 2 aromatic carbocycles. The average molecular weight is 381 g/mol. The summed E-state index contributed by atoms with van der Waals surface area (Å²) in [6.07, 6.45) is 2.32. The van der Waals surface area contributed by atoms with Crippen molar-refractivity contribution in [1.82, 2.24) is 5.32 Å². The number of carbonyl (C=O) groups is 1. The van der Waals surface area contributed by atoms with Crippen LogP contribution in [0.1, 0.15) is 56.6 Å². The van der Waals surface area contributed by atoms with Gasteiger partial charge >= 0.3 is 0 Å². The van der Waals surface area contributed by atoms with Gasteiger partial charge in [-0.15, -0.1) is 0 Å². The first-order valence-electron chi connectivity index (χ1n) is 10.5. The summed E-state index contributed by atoms with van der Waals surface area (Å²) in [5.41, 5.74) is 3.73. The van der Waals surface area contributed by atoms with Crippen LogP contribution in [-0.4, -0.2) is 32.1 Å². The lowest BCUT2D eigenvalue weighted by Gasteiger charge is -2.34. The molecule has 0 aliphatic carbocycles. The number of nitrogens with one attached hydrogen (secondary N) is 1. The highest BCUT2D eigenvalue weighted by molar-refractivity contribution is 5.83. The molecule has 1 aliphatic rings. The van der Waals surface area contributed by atoms with Gasteiger partial charge in [-0.05, 0) is 74.9 Å². The van der Waals surface area contributed by atoms with Crippen LogP contribution in [0.2, 0.25) is 0 Å². The molecule has 4 nitrogen and oxygen atoms in total. The fraction of sp³-hybridized carbons (Fsp3) is 0.458. The highest BCUT2D eigenvalue weighted by Gasteiger charge is 2.21. The minimum atomic E-state index is -0.112. The van der Waals surface area contributed by atoms with E-state index >= 15 is 0 Å². The van der Waals surface area contributed by atoms with Crippen molar-refractivity contribution in [3.63, 3.8) is 0 Å². The second kappa shape index (κ2) is 9.63. The van der Waals surface area contributed by atoms with Gasteiger partial charge in [-0.2, -0.15) is 0 Å². The number of benzene rings is 2. The number of hydrogen-bond acceptors (Lipinski definition) is 3. The van der Waals surface area contributed by atoms with Crippen molar-refractivity contribution in [2.24, 2.45) is 0 Å². The SMILES string of the molecule is CCNC(=O)C(C)c1ccc(N2CCC(c3ccc(OCC)cc3)CC2)cc1. The van der Waals surface area contributed by atoms with Gasteiger partial charge < -0.3 is 15.0 Å². The van der Waals surface area contributed by atoms with E-state index in [1.165, 1.54) is 11.3 Å². The van der Waals surface area contributed by atoms with Gasteiger partial charge in [0.1, 0.15) is 5.75 Å². The number of nitrogens with zero attached hydrogens (tertiary/aromatic N) is 1. The zero-order valence-electron chi connectivity index (χ0n) is 17.3. The van der Waals surface area contributed by atoms with E-state index in [-0.39, 0.29) is 11.8 Å². The number of ether oxygens (including phenoxy) is 1. The van der Waals surface area contributed by atoms with Gasteiger partial charge in [0, 0.05) is 25.3 Å². The third kappa shape index (κ3) is 4.86. The molecule has 1 unspecified atom stereocenters. The Labute approximate surface area is 168 Å². The molecule has 4 heteroatoms. The summed E-state index contributed by atoms with van der Waals surface area (Å²) in [5, 5.41) is 2.90. The number of likely N-dealkylation sites (N-methyl/N-ethyl adjacent to an activating group) is 1. The van der Waals surface area contributed by atoms with Crippen LogP contribution >= 0.6 is 0 Å². The molecule has 3 rings (SSSR count). The summed E-state index contributed by atoms with van der Waals surface area (Å²) >= 11 is 0. The van der Waals surface area contributed by atoms with E-state index in [1.54, 1.807) is 0 Å².